The molecule has 0 aliphatic rings. The van der Waals surface area contributed by atoms with E-state index in [-0.39, 0.29) is 32.3 Å². The van der Waals surface area contributed by atoms with Gasteiger partial charge in [0.2, 0.25) is 0 Å². The second-order valence-corrected chi connectivity index (χ2v) is 12.6. The highest BCUT2D eigenvalue weighted by atomic mass is 16.6. The molecular formula is C32H64N2O7. The van der Waals surface area contributed by atoms with Crippen molar-refractivity contribution < 1.29 is 34.4 Å². The average molecular weight is 589 g/mol. The minimum absolute atomic E-state index is 0.105. The number of unbranched alkanes of at least 4 members (excludes halogenated alkanes) is 13. The minimum atomic E-state index is -0.940. The predicted molar refractivity (Wildman–Crippen MR) is 164 cm³/mol. The van der Waals surface area contributed by atoms with Crippen molar-refractivity contribution >= 4 is 11.9 Å². The van der Waals surface area contributed by atoms with Gasteiger partial charge in [0.25, 0.3) is 0 Å². The molecule has 0 aromatic heterocycles. The van der Waals surface area contributed by atoms with Crippen molar-refractivity contribution in [3.8, 4) is 0 Å². The molecule has 9 nitrogen and oxygen atoms in total. The SMILES string of the molecule is CCCCCCCCCCCCCCCC(=O)OCC(O)CN(CCCCC(N)C(=O)OC(C)(C)C)CC(O)CO. The maximum Gasteiger partial charge on any atom is 0.323 e. The van der Waals surface area contributed by atoms with Crippen LogP contribution in [0.15, 0.2) is 0 Å². The van der Waals surface area contributed by atoms with Crippen LogP contribution in [0.1, 0.15) is 137 Å². The number of ether oxygens (including phenoxy) is 2. The van der Waals surface area contributed by atoms with E-state index in [0.717, 1.165) is 19.3 Å². The summed E-state index contributed by atoms with van der Waals surface area (Å²) in [5, 5.41) is 29.5. The maximum atomic E-state index is 12.1. The molecule has 0 aliphatic carbocycles. The fourth-order valence-electron chi connectivity index (χ4n) is 4.71. The van der Waals surface area contributed by atoms with E-state index in [2.05, 4.69) is 6.92 Å². The summed E-state index contributed by atoms with van der Waals surface area (Å²) in [4.78, 5) is 26.0. The van der Waals surface area contributed by atoms with Gasteiger partial charge in [0, 0.05) is 19.5 Å². The van der Waals surface area contributed by atoms with Gasteiger partial charge < -0.3 is 30.5 Å². The first-order valence-electron chi connectivity index (χ1n) is 16.3. The van der Waals surface area contributed by atoms with E-state index in [9.17, 15) is 24.9 Å². The quantitative estimate of drug-likeness (QED) is 0.0781. The number of hydrogen-bond donors (Lipinski definition) is 4. The van der Waals surface area contributed by atoms with Crippen molar-refractivity contribution in [3.05, 3.63) is 0 Å². The average Bonchev–Trinajstić information content (AvgIpc) is 2.91. The Balaban J connectivity index is 4.05. The van der Waals surface area contributed by atoms with Crippen LogP contribution in [0.4, 0.5) is 0 Å². The number of esters is 2. The Morgan fingerprint density at radius 1 is 0.780 bits per heavy atom. The number of rotatable bonds is 27. The van der Waals surface area contributed by atoms with Gasteiger partial charge in [0.05, 0.1) is 12.7 Å². The number of aliphatic hydroxyl groups is 3. The Morgan fingerprint density at radius 2 is 1.29 bits per heavy atom. The molecule has 0 rings (SSSR count). The third-order valence-electron chi connectivity index (χ3n) is 7.02. The third kappa shape index (κ3) is 26.1. The van der Waals surface area contributed by atoms with E-state index in [1.807, 2.05) is 4.90 Å². The summed E-state index contributed by atoms with van der Waals surface area (Å²) < 4.78 is 10.6. The Morgan fingerprint density at radius 3 is 1.80 bits per heavy atom. The van der Waals surface area contributed by atoms with Gasteiger partial charge in [0.1, 0.15) is 24.4 Å². The van der Waals surface area contributed by atoms with Gasteiger partial charge in [-0.15, -0.1) is 0 Å². The molecule has 0 fully saturated rings. The van der Waals surface area contributed by atoms with Crippen molar-refractivity contribution in [3.63, 3.8) is 0 Å². The van der Waals surface area contributed by atoms with Crippen molar-refractivity contribution in [1.82, 2.24) is 4.90 Å². The zero-order valence-corrected chi connectivity index (χ0v) is 26.8. The van der Waals surface area contributed by atoms with Gasteiger partial charge in [-0.05, 0) is 46.6 Å². The standard InChI is InChI=1S/C32H64N2O7/c1-5-6-7-8-9-10-11-12-13-14-15-16-17-21-30(38)40-26-28(37)24-34(23-27(36)25-35)22-19-18-20-29(33)31(39)41-32(2,3)4/h27-29,35-37H,5-26,33H2,1-4H3. The van der Waals surface area contributed by atoms with Crippen LogP contribution in [-0.4, -0.2) is 88.9 Å². The highest BCUT2D eigenvalue weighted by Gasteiger charge is 2.22. The molecule has 0 heterocycles. The Labute approximate surface area is 250 Å². The molecule has 0 saturated heterocycles. The summed E-state index contributed by atoms with van der Waals surface area (Å²) in [5.41, 5.74) is 5.35. The van der Waals surface area contributed by atoms with Crippen LogP contribution < -0.4 is 5.73 Å². The number of nitrogens with zero attached hydrogens (tertiary/aromatic N) is 1. The largest absolute Gasteiger partial charge is 0.463 e. The van der Waals surface area contributed by atoms with Crippen LogP contribution in [-0.2, 0) is 19.1 Å². The molecule has 0 bridgehead atoms. The monoisotopic (exact) mass is 588 g/mol. The van der Waals surface area contributed by atoms with E-state index in [0.29, 0.717) is 32.2 Å². The smallest absolute Gasteiger partial charge is 0.323 e. The maximum absolute atomic E-state index is 12.1. The van der Waals surface area contributed by atoms with Gasteiger partial charge in [-0.25, -0.2) is 0 Å². The van der Waals surface area contributed by atoms with Gasteiger partial charge in [-0.3, -0.25) is 14.5 Å². The van der Waals surface area contributed by atoms with E-state index in [1.54, 1.807) is 20.8 Å². The number of carbonyl (C=O) groups excluding carboxylic acids is 2. The van der Waals surface area contributed by atoms with Gasteiger partial charge >= 0.3 is 11.9 Å². The van der Waals surface area contributed by atoms with E-state index in [4.69, 9.17) is 15.2 Å². The van der Waals surface area contributed by atoms with E-state index in [1.165, 1.54) is 64.2 Å². The molecule has 0 radical (unpaired) electrons. The normalized spacial score (nSPS) is 14.2. The van der Waals surface area contributed by atoms with Crippen LogP contribution >= 0.6 is 0 Å². The van der Waals surface area contributed by atoms with E-state index < -0.39 is 29.8 Å². The third-order valence-corrected chi connectivity index (χ3v) is 7.02. The van der Waals surface area contributed by atoms with Crippen molar-refractivity contribution in [2.45, 2.75) is 161 Å². The first-order chi connectivity index (χ1) is 19.5. The summed E-state index contributed by atoms with van der Waals surface area (Å²) in [7, 11) is 0. The van der Waals surface area contributed by atoms with Crippen molar-refractivity contribution in [2.24, 2.45) is 5.73 Å². The molecule has 3 atom stereocenters. The Kier molecular flexibility index (Phi) is 24.5. The molecule has 0 aromatic carbocycles. The first kappa shape index (κ1) is 39.7. The summed E-state index contributed by atoms with van der Waals surface area (Å²) in [5.74, 6) is -0.730. The number of aliphatic hydroxyl groups excluding tert-OH is 3. The molecule has 0 saturated carbocycles. The van der Waals surface area contributed by atoms with Crippen LogP contribution in [0.5, 0.6) is 0 Å². The minimum Gasteiger partial charge on any atom is -0.463 e. The number of nitrogens with two attached hydrogens (primary N) is 1. The van der Waals surface area contributed by atoms with Gasteiger partial charge in [-0.2, -0.15) is 0 Å². The molecule has 244 valence electrons. The fourth-order valence-corrected chi connectivity index (χ4v) is 4.71. The molecule has 0 spiro atoms. The topological polar surface area (TPSA) is 143 Å². The predicted octanol–water partition coefficient (Wildman–Crippen LogP) is 4.87. The van der Waals surface area contributed by atoms with Crippen LogP contribution in [0.25, 0.3) is 0 Å². The van der Waals surface area contributed by atoms with Crippen molar-refractivity contribution in [1.29, 1.82) is 0 Å². The molecule has 5 N–H and O–H groups in total. The lowest BCUT2D eigenvalue weighted by molar-refractivity contribution is -0.156. The molecule has 0 amide bonds. The number of hydrogen-bond acceptors (Lipinski definition) is 9. The second-order valence-electron chi connectivity index (χ2n) is 12.6. The highest BCUT2D eigenvalue weighted by molar-refractivity contribution is 5.75. The number of carbonyl (C=O) groups is 2. The summed E-state index contributed by atoms with van der Waals surface area (Å²) in [6.07, 6.45) is 16.5. The zero-order valence-electron chi connectivity index (χ0n) is 26.8. The molecule has 0 aliphatic heterocycles. The Bertz CT molecular complexity index is 642. The van der Waals surface area contributed by atoms with Crippen LogP contribution in [0, 0.1) is 0 Å². The lowest BCUT2D eigenvalue weighted by atomic mass is 10.0. The molecule has 3 unspecified atom stereocenters. The van der Waals surface area contributed by atoms with Crippen molar-refractivity contribution in [2.75, 3.05) is 32.8 Å². The molecular weight excluding hydrogens is 524 g/mol. The summed E-state index contributed by atoms with van der Waals surface area (Å²) in [6.45, 7) is 8.05. The Hall–Kier alpha value is -1.26. The first-order valence-corrected chi connectivity index (χ1v) is 16.3. The zero-order chi connectivity index (χ0) is 30.9. The second kappa shape index (κ2) is 25.3. The highest BCUT2D eigenvalue weighted by Crippen LogP contribution is 2.14. The van der Waals surface area contributed by atoms with Gasteiger partial charge in [-0.1, -0.05) is 90.4 Å². The molecule has 0 aromatic rings. The molecule has 9 heteroatoms. The summed E-state index contributed by atoms with van der Waals surface area (Å²) >= 11 is 0. The van der Waals surface area contributed by atoms with Gasteiger partial charge in [0.15, 0.2) is 0 Å². The fraction of sp³-hybridized carbons (Fsp3) is 0.938. The van der Waals surface area contributed by atoms with Crippen LogP contribution in [0.2, 0.25) is 0 Å². The van der Waals surface area contributed by atoms with E-state index >= 15 is 0 Å². The lowest BCUT2D eigenvalue weighted by Crippen LogP contribution is -2.41. The van der Waals surface area contributed by atoms with Crippen LogP contribution in [0.3, 0.4) is 0 Å². The lowest BCUT2D eigenvalue weighted by Gasteiger charge is -2.27. The molecule has 41 heavy (non-hydrogen) atoms. The summed E-state index contributed by atoms with van der Waals surface area (Å²) in [6, 6.07) is -0.703.